The Balaban J connectivity index is -0.0000000625. The molecule has 1 atom stereocenters. The molecule has 0 spiro atoms. The van der Waals surface area contributed by atoms with E-state index in [-0.39, 0.29) is 51.3 Å². The number of nitrogens with one attached hydrogen (secondary N) is 1. The molecular formula is C8H15Mn2N2O2+. The molecule has 0 aromatic rings. The fourth-order valence-corrected chi connectivity index (χ4v) is 0. The van der Waals surface area contributed by atoms with Crippen molar-refractivity contribution in [1.29, 1.82) is 0 Å². The van der Waals surface area contributed by atoms with E-state index in [9.17, 15) is 5.11 Å². The molecule has 0 amide bonds. The van der Waals surface area contributed by atoms with E-state index >= 15 is 0 Å². The van der Waals surface area contributed by atoms with Crippen molar-refractivity contribution in [3.05, 3.63) is 22.6 Å². The number of aliphatic hydroxyl groups is 1. The van der Waals surface area contributed by atoms with Crippen molar-refractivity contribution >= 4 is 5.71 Å². The van der Waals surface area contributed by atoms with E-state index in [4.69, 9.17) is 16.2 Å². The monoisotopic (exact) mass is 281 g/mol. The van der Waals surface area contributed by atoms with Gasteiger partial charge in [-0.15, -0.1) is 11.8 Å². The number of nitrogens with zero attached hydrogens (tertiary/aromatic N) is 1. The zero-order valence-corrected chi connectivity index (χ0v) is 11.0. The number of aliphatic hydroxyl groups excluding tert-OH is 1. The van der Waals surface area contributed by atoms with Crippen LogP contribution >= 0.6 is 0 Å². The van der Waals surface area contributed by atoms with Crippen molar-refractivity contribution in [3.8, 4) is 0 Å². The van der Waals surface area contributed by atoms with Gasteiger partial charge in [-0.1, -0.05) is 20.8 Å². The number of hydrogen-bond acceptors (Lipinski definition) is 2. The molecule has 82 valence electrons. The molecule has 0 aliphatic rings. The van der Waals surface area contributed by atoms with Crippen molar-refractivity contribution in [1.82, 2.24) is 0 Å². The predicted octanol–water partition coefficient (Wildman–Crippen LogP) is 1.61. The van der Waals surface area contributed by atoms with E-state index in [1.165, 1.54) is 27.7 Å². The van der Waals surface area contributed by atoms with Gasteiger partial charge in [0.15, 0.2) is 0 Å². The quantitative estimate of drug-likeness (QED) is 0.449. The molecule has 0 fully saturated rings. The molecule has 0 aromatic heterocycles. The van der Waals surface area contributed by atoms with E-state index < -0.39 is 6.10 Å². The normalized spacial score (nSPS) is 11.8. The van der Waals surface area contributed by atoms with Crippen molar-refractivity contribution in [2.24, 2.45) is 0 Å². The maximum Gasteiger partial charge on any atom is 2.00 e. The predicted molar refractivity (Wildman–Crippen MR) is 48.8 cm³/mol. The van der Waals surface area contributed by atoms with Crippen LogP contribution in [0.1, 0.15) is 27.7 Å². The summed E-state index contributed by atoms with van der Waals surface area (Å²) in [6.45, 7) is 5.82. The zero-order chi connectivity index (χ0) is 10.3. The summed E-state index contributed by atoms with van der Waals surface area (Å²) in [5, 5.41) is 26.5. The molecule has 6 heteroatoms. The van der Waals surface area contributed by atoms with Crippen LogP contribution in [-0.2, 0) is 34.1 Å². The first-order valence-corrected chi connectivity index (χ1v) is 3.55. The minimum atomic E-state index is -0.926. The third-order valence-electron chi connectivity index (χ3n) is 1.13. The number of rotatable bonds is 1. The van der Waals surface area contributed by atoms with Gasteiger partial charge in [0.2, 0.25) is 0 Å². The van der Waals surface area contributed by atoms with Crippen LogP contribution in [-0.4, -0.2) is 16.9 Å². The Bertz CT molecular complexity index is 164. The molecule has 1 unspecified atom stereocenters. The summed E-state index contributed by atoms with van der Waals surface area (Å²) < 4.78 is 0. The molecule has 0 bridgehead atoms. The van der Waals surface area contributed by atoms with Crippen LogP contribution in [0.4, 0.5) is 0 Å². The van der Waals surface area contributed by atoms with Crippen molar-refractivity contribution < 1.29 is 44.4 Å². The maximum absolute atomic E-state index is 9.94. The van der Waals surface area contributed by atoms with Crippen LogP contribution in [0, 0.1) is 0 Å². The molecule has 0 heterocycles. The molecule has 14 heavy (non-hydrogen) atoms. The first-order chi connectivity index (χ1) is 5.29. The molecular weight excluding hydrogens is 266 g/mol. The number of allylic oxidation sites excluding steroid dienone is 2. The van der Waals surface area contributed by atoms with Crippen LogP contribution < -0.4 is 5.11 Å². The van der Waals surface area contributed by atoms with Crippen LogP contribution in [0.3, 0.4) is 0 Å². The van der Waals surface area contributed by atoms with E-state index in [1.807, 2.05) is 0 Å². The maximum atomic E-state index is 9.94. The van der Waals surface area contributed by atoms with Gasteiger partial charge in [-0.25, -0.2) is 5.71 Å². The number of hydrogen-bond donors (Lipinski definition) is 1. The van der Waals surface area contributed by atoms with E-state index in [1.54, 1.807) is 0 Å². The summed E-state index contributed by atoms with van der Waals surface area (Å²) in [6.07, 6.45) is -0.926. The second kappa shape index (κ2) is 13.0. The minimum Gasteiger partial charge on any atom is -0.850 e. The standard InChI is InChI=1S/C4H8NO.C4H7NO.2Mn/c2*1-3(5)4(2)6;;/h5-6H,1-2H3;4H,1-2H3;;/q-1;-2;2*+2. The molecule has 2 radical (unpaired) electrons. The molecule has 0 aromatic carbocycles. The van der Waals surface area contributed by atoms with E-state index in [2.05, 4.69) is 0 Å². The minimum absolute atomic E-state index is 0. The molecule has 2 N–H and O–H groups in total. The Kier molecular flexibility index (Phi) is 22.0. The van der Waals surface area contributed by atoms with Crippen molar-refractivity contribution in [2.45, 2.75) is 33.8 Å². The van der Waals surface area contributed by atoms with Crippen molar-refractivity contribution in [2.75, 3.05) is 0 Å². The Morgan fingerprint density at radius 1 is 1.29 bits per heavy atom. The zero-order valence-electron chi connectivity index (χ0n) is 8.64. The van der Waals surface area contributed by atoms with Gasteiger partial charge in [0, 0.05) is 0 Å². The van der Waals surface area contributed by atoms with Crippen LogP contribution in [0.2, 0.25) is 0 Å². The molecule has 0 saturated carbocycles. The largest absolute Gasteiger partial charge is 2.00 e. The molecule has 4 nitrogen and oxygen atoms in total. The summed E-state index contributed by atoms with van der Waals surface area (Å²) in [7, 11) is 0. The van der Waals surface area contributed by atoms with Crippen LogP contribution in [0.15, 0.2) is 11.5 Å². The second-order valence-electron chi connectivity index (χ2n) is 2.49. The summed E-state index contributed by atoms with van der Waals surface area (Å²) in [5.41, 5.74) is 6.85. The average molecular weight is 281 g/mol. The fourth-order valence-electron chi connectivity index (χ4n) is 0. The Morgan fingerprint density at radius 3 is 1.43 bits per heavy atom. The average Bonchev–Trinajstić information content (AvgIpc) is 1.88. The molecule has 0 aliphatic heterocycles. The van der Waals surface area contributed by atoms with E-state index in [0.29, 0.717) is 0 Å². The van der Waals surface area contributed by atoms with E-state index in [0.717, 1.165) is 0 Å². The SMILES string of the molecule is CC(=[N-])C(C)[O-].CC([NH-])=C(C)O.[Mn+2].[Mn+2]. The fraction of sp³-hybridized carbons (Fsp3) is 0.625. The summed E-state index contributed by atoms with van der Waals surface area (Å²) in [4.78, 5) is 0. The van der Waals surface area contributed by atoms with Gasteiger partial charge in [0.05, 0.1) is 5.76 Å². The van der Waals surface area contributed by atoms with Gasteiger partial charge in [-0.05, 0) is 6.92 Å². The van der Waals surface area contributed by atoms with Crippen molar-refractivity contribution in [3.63, 3.8) is 0 Å². The Labute approximate surface area is 106 Å². The first-order valence-electron chi connectivity index (χ1n) is 3.55. The first kappa shape index (κ1) is 23.7. The topological polar surface area (TPSA) is 89.4 Å². The van der Waals surface area contributed by atoms with Gasteiger partial charge in [-0.3, -0.25) is 0 Å². The summed E-state index contributed by atoms with van der Waals surface area (Å²) in [5.74, 6) is 0.0926. The smallest absolute Gasteiger partial charge is 0.850 e. The summed E-state index contributed by atoms with van der Waals surface area (Å²) >= 11 is 0. The second-order valence-corrected chi connectivity index (χ2v) is 2.49. The summed E-state index contributed by atoms with van der Waals surface area (Å²) in [6, 6.07) is 0. The molecule has 0 rings (SSSR count). The van der Waals surface area contributed by atoms with Crippen LogP contribution in [0.5, 0.6) is 0 Å². The Hall–Kier alpha value is 0.00896. The molecule has 0 saturated heterocycles. The van der Waals surface area contributed by atoms with Gasteiger partial charge in [-0.2, -0.15) is 0 Å². The molecule has 0 aliphatic carbocycles. The van der Waals surface area contributed by atoms with Crippen LogP contribution in [0.25, 0.3) is 11.1 Å². The van der Waals surface area contributed by atoms with Gasteiger partial charge in [0.25, 0.3) is 0 Å². The van der Waals surface area contributed by atoms with Gasteiger partial charge < -0.3 is 21.4 Å². The van der Waals surface area contributed by atoms with Gasteiger partial charge >= 0.3 is 34.1 Å². The third-order valence-corrected chi connectivity index (χ3v) is 1.13. The third kappa shape index (κ3) is 22.7. The Morgan fingerprint density at radius 2 is 1.43 bits per heavy atom. The van der Waals surface area contributed by atoms with Gasteiger partial charge in [0.1, 0.15) is 0 Å².